The zero-order valence-electron chi connectivity index (χ0n) is 14.8. The lowest BCUT2D eigenvalue weighted by atomic mass is 10.3. The van der Waals surface area contributed by atoms with E-state index in [0.717, 1.165) is 5.82 Å². The van der Waals surface area contributed by atoms with Crippen LogP contribution in [0.5, 0.6) is 11.5 Å². The molecule has 3 nitrogen and oxygen atoms in total. The highest BCUT2D eigenvalue weighted by Crippen LogP contribution is 2.60. The van der Waals surface area contributed by atoms with Crippen LogP contribution in [-0.4, -0.2) is 0 Å². The average Bonchev–Trinajstić information content (AvgIpc) is 2.74. The van der Waals surface area contributed by atoms with E-state index >= 15 is 0 Å². The van der Waals surface area contributed by atoms with Gasteiger partial charge in [0.1, 0.15) is 20.1 Å². The summed E-state index contributed by atoms with van der Waals surface area (Å²) < 4.78 is 24.8. The average molecular weight is 645 g/mol. The molecule has 0 aliphatic heterocycles. The van der Waals surface area contributed by atoms with E-state index < -0.39 is 7.60 Å². The Bertz CT molecular complexity index is 1030. The van der Waals surface area contributed by atoms with Crippen molar-refractivity contribution in [2.45, 2.75) is 6.92 Å². The minimum Gasteiger partial charge on any atom is -0.410 e. The number of hydrogen-bond acceptors (Lipinski definition) is 3. The van der Waals surface area contributed by atoms with Gasteiger partial charge in [0.05, 0.1) is 36.0 Å². The van der Waals surface area contributed by atoms with E-state index in [0.29, 0.717) is 5.57 Å². The summed E-state index contributed by atoms with van der Waals surface area (Å²) in [4.78, 5) is 0. The Balaban J connectivity index is 2.73. The lowest BCUT2D eigenvalue weighted by Crippen LogP contribution is -2.02. The van der Waals surface area contributed by atoms with Gasteiger partial charge in [0.15, 0.2) is 11.5 Å². The zero-order chi connectivity index (χ0) is 23.8. The van der Waals surface area contributed by atoms with Gasteiger partial charge in [-0.2, -0.15) is 0 Å². The van der Waals surface area contributed by atoms with Gasteiger partial charge in [0.25, 0.3) is 0 Å². The van der Waals surface area contributed by atoms with Crippen molar-refractivity contribution in [3.05, 3.63) is 74.3 Å². The molecule has 0 radical (unpaired) electrons. The van der Waals surface area contributed by atoms with Crippen molar-refractivity contribution >= 4 is 124 Å². The summed E-state index contributed by atoms with van der Waals surface area (Å²) in [6, 6.07) is 0. The Kier molecular flexibility index (Phi) is 9.83. The largest absolute Gasteiger partial charge is 0.456 e. The highest BCUT2D eigenvalue weighted by Gasteiger charge is 2.34. The van der Waals surface area contributed by atoms with E-state index in [9.17, 15) is 4.57 Å². The second-order valence-corrected chi connectivity index (χ2v) is 11.1. The van der Waals surface area contributed by atoms with Crippen LogP contribution in [0, 0.1) is 0 Å². The Hall–Kier alpha value is 0.650. The molecule has 0 aliphatic carbocycles. The Morgan fingerprint density at radius 2 is 0.903 bits per heavy atom. The van der Waals surface area contributed by atoms with Crippen LogP contribution in [-0.2, 0) is 4.57 Å². The molecule has 0 spiro atoms. The molecule has 2 aromatic carbocycles. The predicted molar refractivity (Wildman–Crippen MR) is 136 cm³/mol. The van der Waals surface area contributed by atoms with Gasteiger partial charge >= 0.3 is 7.60 Å². The quantitative estimate of drug-likeness (QED) is 0.136. The van der Waals surface area contributed by atoms with Crippen LogP contribution in [0.2, 0.25) is 50.2 Å². The van der Waals surface area contributed by atoms with E-state index in [-0.39, 0.29) is 61.7 Å². The van der Waals surface area contributed by atoms with Crippen molar-refractivity contribution in [1.82, 2.24) is 0 Å². The fraction of sp³-hybridized carbons (Fsp3) is 0.0588. The highest BCUT2D eigenvalue weighted by atomic mass is 35.5. The molecule has 2 rings (SSSR count). The first-order valence-corrected chi connectivity index (χ1v) is 13.0. The molecule has 0 saturated carbocycles. The van der Waals surface area contributed by atoms with Crippen molar-refractivity contribution in [2.24, 2.45) is 0 Å². The molecule has 31 heavy (non-hydrogen) atoms. The van der Waals surface area contributed by atoms with Gasteiger partial charge < -0.3 is 9.05 Å². The summed E-state index contributed by atoms with van der Waals surface area (Å²) in [7, 11) is -4.34. The molecule has 0 saturated heterocycles. The topological polar surface area (TPSA) is 35.5 Å². The minimum absolute atomic E-state index is 0.124. The summed E-state index contributed by atoms with van der Waals surface area (Å²) in [5, 5.41) is -2.04. The molecule has 0 fully saturated rings. The van der Waals surface area contributed by atoms with Gasteiger partial charge in [-0.15, -0.1) is 0 Å². The molecule has 168 valence electrons. The van der Waals surface area contributed by atoms with Gasteiger partial charge in [-0.1, -0.05) is 129 Å². The van der Waals surface area contributed by atoms with Crippen LogP contribution >= 0.6 is 124 Å². The molecule has 0 amide bonds. The van der Waals surface area contributed by atoms with Crippen LogP contribution < -0.4 is 9.05 Å². The molecule has 0 aliphatic rings. The first kappa shape index (κ1) is 27.9. The standard InChI is InChI=1S/C17H7Cl10O3P/c1-3-5(2)4-31(28,29-16-12(24)8(20)6(18)9(21)13(16)25)30-17-14(26)10(22)7(19)11(23)15(17)27/h3-4H,1H2,2H3/b5-4+. The lowest BCUT2D eigenvalue weighted by molar-refractivity contribution is 0.398. The number of benzene rings is 2. The number of halogens is 10. The fourth-order valence-corrected chi connectivity index (χ4v) is 6.19. The van der Waals surface area contributed by atoms with Crippen LogP contribution in [0.1, 0.15) is 6.92 Å². The van der Waals surface area contributed by atoms with Gasteiger partial charge in [-0.05, 0) is 12.5 Å². The number of hydrogen-bond donors (Lipinski definition) is 0. The molecule has 0 atom stereocenters. The van der Waals surface area contributed by atoms with Crippen LogP contribution in [0.25, 0.3) is 0 Å². The van der Waals surface area contributed by atoms with Crippen LogP contribution in [0.3, 0.4) is 0 Å². The first-order chi connectivity index (χ1) is 14.3. The van der Waals surface area contributed by atoms with Gasteiger partial charge in [0, 0.05) is 0 Å². The Morgan fingerprint density at radius 3 is 1.16 bits per heavy atom. The normalized spacial score (nSPS) is 12.2. The summed E-state index contributed by atoms with van der Waals surface area (Å²) in [6.07, 6.45) is 1.38. The summed E-state index contributed by atoms with van der Waals surface area (Å²) >= 11 is 60.8. The van der Waals surface area contributed by atoms with E-state index in [2.05, 4.69) is 6.58 Å². The van der Waals surface area contributed by atoms with E-state index in [1.165, 1.54) is 6.08 Å². The maximum Gasteiger partial charge on any atom is 0.456 e. The molecule has 0 aromatic heterocycles. The number of rotatable bonds is 6. The smallest absolute Gasteiger partial charge is 0.410 e. The van der Waals surface area contributed by atoms with Crippen molar-refractivity contribution < 1.29 is 13.6 Å². The molecule has 0 N–H and O–H groups in total. The second-order valence-electron chi connectivity index (χ2n) is 5.60. The predicted octanol–water partition coefficient (Wildman–Crippen LogP) is 12.0. The lowest BCUT2D eigenvalue weighted by Gasteiger charge is -2.22. The molecule has 0 bridgehead atoms. The third-order valence-corrected chi connectivity index (χ3v) is 9.54. The van der Waals surface area contributed by atoms with Gasteiger partial charge in [-0.25, -0.2) is 4.57 Å². The summed E-state index contributed by atoms with van der Waals surface area (Å²) in [6.45, 7) is 5.16. The van der Waals surface area contributed by atoms with Gasteiger partial charge in [0.2, 0.25) is 0 Å². The van der Waals surface area contributed by atoms with Crippen molar-refractivity contribution in [2.75, 3.05) is 0 Å². The minimum atomic E-state index is -4.34. The van der Waals surface area contributed by atoms with Crippen LogP contribution in [0.15, 0.2) is 24.0 Å². The highest BCUT2D eigenvalue weighted by molar-refractivity contribution is 7.58. The van der Waals surface area contributed by atoms with Crippen LogP contribution in [0.4, 0.5) is 0 Å². The molecule has 0 unspecified atom stereocenters. The number of allylic oxidation sites excluding steroid dienone is 2. The maximum atomic E-state index is 13.7. The molecular weight excluding hydrogens is 638 g/mol. The van der Waals surface area contributed by atoms with Crippen molar-refractivity contribution in [3.8, 4) is 11.5 Å². The SMILES string of the molecule is C=C/C(C)=C/P(=O)(Oc1c(Cl)c(Cl)c(Cl)c(Cl)c1Cl)Oc1c(Cl)c(Cl)c(Cl)c(Cl)c1Cl. The van der Waals surface area contributed by atoms with E-state index in [1.807, 2.05) is 0 Å². The molecule has 2 aromatic rings. The van der Waals surface area contributed by atoms with E-state index in [4.69, 9.17) is 125 Å². The van der Waals surface area contributed by atoms with Crippen molar-refractivity contribution in [1.29, 1.82) is 0 Å². The Labute approximate surface area is 228 Å². The molecular formula is C17H7Cl10O3P. The second kappa shape index (κ2) is 10.9. The first-order valence-electron chi connectivity index (χ1n) is 7.59. The van der Waals surface area contributed by atoms with Crippen molar-refractivity contribution in [3.63, 3.8) is 0 Å². The Morgan fingerprint density at radius 1 is 0.645 bits per heavy atom. The van der Waals surface area contributed by atoms with E-state index in [1.54, 1.807) is 6.92 Å². The summed E-state index contributed by atoms with van der Waals surface area (Å²) in [5.41, 5.74) is 0.389. The third kappa shape index (κ3) is 5.84. The van der Waals surface area contributed by atoms with Gasteiger partial charge in [-0.3, -0.25) is 0 Å². The summed E-state index contributed by atoms with van der Waals surface area (Å²) in [5.74, 6) is 0.377. The molecule has 0 heterocycles. The monoisotopic (exact) mass is 640 g/mol. The fourth-order valence-electron chi connectivity index (χ4n) is 1.96. The third-order valence-electron chi connectivity index (χ3n) is 3.46. The maximum absolute atomic E-state index is 13.7. The molecule has 14 heteroatoms. The zero-order valence-corrected chi connectivity index (χ0v) is 23.3.